The fraction of sp³-hybridized carbons (Fsp3) is 0.520. The molecule has 6 nitrogen and oxygen atoms in total. The molecule has 2 fully saturated rings. The normalized spacial score (nSPS) is 24.1. The molecular weight excluding hydrogens is 477 g/mol. The molecule has 1 aromatic carbocycles. The van der Waals surface area contributed by atoms with Crippen molar-refractivity contribution in [1.82, 2.24) is 15.2 Å². The number of amides is 1. The topological polar surface area (TPSA) is 61.6 Å². The third-order valence-corrected chi connectivity index (χ3v) is 8.17. The van der Waals surface area contributed by atoms with E-state index in [0.717, 1.165) is 42.2 Å². The lowest BCUT2D eigenvalue weighted by atomic mass is 9.84. The molecule has 35 heavy (non-hydrogen) atoms. The van der Waals surface area contributed by atoms with Crippen LogP contribution in [0, 0.1) is 5.92 Å². The van der Waals surface area contributed by atoms with Gasteiger partial charge in [-0.15, -0.1) is 11.3 Å². The van der Waals surface area contributed by atoms with Crippen molar-refractivity contribution in [1.29, 1.82) is 0 Å². The van der Waals surface area contributed by atoms with Gasteiger partial charge in [-0.1, -0.05) is 6.07 Å². The van der Waals surface area contributed by atoms with Crippen LogP contribution in [0.3, 0.4) is 0 Å². The second-order valence-corrected chi connectivity index (χ2v) is 10.4. The van der Waals surface area contributed by atoms with E-state index in [-0.39, 0.29) is 24.4 Å². The SMILES string of the molecule is O=C(NC1CCC(CCN2CCN(c3cccc4sccc34)C(C(F)(F)F)C2)CC1)c1ncco1. The van der Waals surface area contributed by atoms with Crippen molar-refractivity contribution >= 4 is 33.0 Å². The summed E-state index contributed by atoms with van der Waals surface area (Å²) in [6.45, 7) is 1.64. The maximum atomic E-state index is 14.1. The highest BCUT2D eigenvalue weighted by Crippen LogP contribution is 2.37. The summed E-state index contributed by atoms with van der Waals surface area (Å²) in [5, 5.41) is 5.79. The summed E-state index contributed by atoms with van der Waals surface area (Å²) in [6.07, 6.45) is 3.04. The fourth-order valence-electron chi connectivity index (χ4n) is 5.38. The number of nitrogens with one attached hydrogen (secondary N) is 1. The number of halogens is 3. The minimum absolute atomic E-state index is 0.00836. The highest BCUT2D eigenvalue weighted by Gasteiger charge is 2.47. The molecule has 5 rings (SSSR count). The van der Waals surface area contributed by atoms with E-state index in [1.54, 1.807) is 16.2 Å². The van der Waals surface area contributed by atoms with E-state index < -0.39 is 12.2 Å². The molecule has 1 atom stereocenters. The van der Waals surface area contributed by atoms with Gasteiger partial charge < -0.3 is 14.6 Å². The summed E-state index contributed by atoms with van der Waals surface area (Å²) in [7, 11) is 0. The van der Waals surface area contributed by atoms with E-state index in [4.69, 9.17) is 4.42 Å². The molecule has 3 heterocycles. The first kappa shape index (κ1) is 24.1. The van der Waals surface area contributed by atoms with Crippen molar-refractivity contribution in [2.45, 2.75) is 50.4 Å². The number of alkyl halides is 3. The van der Waals surface area contributed by atoms with Crippen molar-refractivity contribution in [3.8, 4) is 0 Å². The number of carbonyl (C=O) groups excluding carboxylic acids is 1. The highest BCUT2D eigenvalue weighted by molar-refractivity contribution is 7.17. The zero-order valence-corrected chi connectivity index (χ0v) is 20.2. The smallest absolute Gasteiger partial charge is 0.409 e. The summed E-state index contributed by atoms with van der Waals surface area (Å²) >= 11 is 1.55. The van der Waals surface area contributed by atoms with Gasteiger partial charge in [0.15, 0.2) is 0 Å². The van der Waals surface area contributed by atoms with Crippen molar-refractivity contribution in [3.63, 3.8) is 0 Å². The number of benzene rings is 1. The second-order valence-electron chi connectivity index (χ2n) is 9.48. The van der Waals surface area contributed by atoms with Gasteiger partial charge in [-0.3, -0.25) is 9.69 Å². The van der Waals surface area contributed by atoms with E-state index in [1.807, 2.05) is 34.5 Å². The van der Waals surface area contributed by atoms with Gasteiger partial charge in [0.25, 0.3) is 5.89 Å². The average Bonchev–Trinajstić information content (AvgIpc) is 3.55. The van der Waals surface area contributed by atoms with E-state index >= 15 is 0 Å². The van der Waals surface area contributed by atoms with Crippen molar-refractivity contribution in [2.24, 2.45) is 5.92 Å². The van der Waals surface area contributed by atoms with Crippen LogP contribution in [0.25, 0.3) is 10.1 Å². The molecule has 0 spiro atoms. The number of oxazole rings is 1. The minimum Gasteiger partial charge on any atom is -0.441 e. The number of hydrogen-bond acceptors (Lipinski definition) is 6. The molecule has 1 N–H and O–H groups in total. The van der Waals surface area contributed by atoms with Crippen LogP contribution in [0.15, 0.2) is 46.5 Å². The molecule has 1 unspecified atom stereocenters. The number of piperazine rings is 1. The quantitative estimate of drug-likeness (QED) is 0.490. The summed E-state index contributed by atoms with van der Waals surface area (Å²) in [5.41, 5.74) is 0.677. The van der Waals surface area contributed by atoms with Crippen molar-refractivity contribution in [2.75, 3.05) is 31.1 Å². The average molecular weight is 507 g/mol. The first-order chi connectivity index (χ1) is 16.9. The number of thiophene rings is 1. The van der Waals surface area contributed by atoms with Crippen LogP contribution in [0.4, 0.5) is 18.9 Å². The first-order valence-electron chi connectivity index (χ1n) is 12.1. The molecule has 10 heteroatoms. The van der Waals surface area contributed by atoms with Crippen LogP contribution in [-0.2, 0) is 0 Å². The Morgan fingerprint density at radius 3 is 2.74 bits per heavy atom. The monoisotopic (exact) mass is 506 g/mol. The molecule has 1 aliphatic heterocycles. The Bertz CT molecular complexity index is 1130. The predicted molar refractivity (Wildman–Crippen MR) is 130 cm³/mol. The Morgan fingerprint density at radius 2 is 2.00 bits per heavy atom. The summed E-state index contributed by atoms with van der Waals surface area (Å²) in [6, 6.07) is 6.10. The molecule has 1 saturated heterocycles. The number of hydrogen-bond donors (Lipinski definition) is 1. The third kappa shape index (κ3) is 5.48. The lowest BCUT2D eigenvalue weighted by molar-refractivity contribution is -0.156. The molecular formula is C25H29F3N4O2S. The third-order valence-electron chi connectivity index (χ3n) is 7.29. The van der Waals surface area contributed by atoms with E-state index in [2.05, 4.69) is 10.3 Å². The standard InChI is InChI=1S/C25H29F3N4O2S/c26-25(27,28)22-16-31(12-13-32(22)20-2-1-3-21-19(20)9-15-35-21)11-8-17-4-6-18(7-5-17)30-23(33)24-29-10-14-34-24/h1-3,9-10,14-15,17-18,22H,4-8,11-13,16H2,(H,30,33). The largest absolute Gasteiger partial charge is 0.441 e. The fourth-order valence-corrected chi connectivity index (χ4v) is 6.19. The molecule has 3 aromatic rings. The molecule has 1 aliphatic carbocycles. The van der Waals surface area contributed by atoms with Crippen molar-refractivity contribution < 1.29 is 22.4 Å². The molecule has 1 amide bonds. The van der Waals surface area contributed by atoms with Gasteiger partial charge in [0.05, 0.1) is 6.20 Å². The number of nitrogens with zero attached hydrogens (tertiary/aromatic N) is 3. The Hall–Kier alpha value is -2.59. The van der Waals surface area contributed by atoms with E-state index in [9.17, 15) is 18.0 Å². The van der Waals surface area contributed by atoms with Gasteiger partial charge in [-0.25, -0.2) is 4.98 Å². The molecule has 0 bridgehead atoms. The highest BCUT2D eigenvalue weighted by atomic mass is 32.1. The molecule has 2 aromatic heterocycles. The lowest BCUT2D eigenvalue weighted by Crippen LogP contribution is -2.59. The van der Waals surface area contributed by atoms with Gasteiger partial charge in [0.1, 0.15) is 12.3 Å². The zero-order chi connectivity index (χ0) is 24.4. The van der Waals surface area contributed by atoms with Crippen LogP contribution in [0.1, 0.15) is 42.8 Å². The van der Waals surface area contributed by atoms with Crippen LogP contribution in [0.2, 0.25) is 0 Å². The lowest BCUT2D eigenvalue weighted by Gasteiger charge is -2.44. The molecule has 2 aliphatic rings. The first-order valence-corrected chi connectivity index (χ1v) is 13.0. The maximum absolute atomic E-state index is 14.1. The minimum atomic E-state index is -4.30. The summed E-state index contributed by atoms with van der Waals surface area (Å²) in [4.78, 5) is 19.5. The van der Waals surface area contributed by atoms with Gasteiger partial charge in [-0.2, -0.15) is 13.2 Å². The van der Waals surface area contributed by atoms with E-state index in [0.29, 0.717) is 31.2 Å². The van der Waals surface area contributed by atoms with Crippen LogP contribution in [-0.4, -0.2) is 60.2 Å². The zero-order valence-electron chi connectivity index (χ0n) is 19.3. The number of aromatic nitrogens is 1. The molecule has 0 radical (unpaired) electrons. The predicted octanol–water partition coefficient (Wildman–Crippen LogP) is 5.32. The Labute approximate surface area is 206 Å². The summed E-state index contributed by atoms with van der Waals surface area (Å²) < 4.78 is 48.4. The van der Waals surface area contributed by atoms with Gasteiger partial charge >= 0.3 is 12.1 Å². The number of carbonyl (C=O) groups is 1. The van der Waals surface area contributed by atoms with Crippen LogP contribution < -0.4 is 10.2 Å². The van der Waals surface area contributed by atoms with Crippen LogP contribution in [0.5, 0.6) is 0 Å². The molecule has 1 saturated carbocycles. The van der Waals surface area contributed by atoms with E-state index in [1.165, 1.54) is 12.5 Å². The van der Waals surface area contributed by atoms with Crippen molar-refractivity contribution in [3.05, 3.63) is 48.0 Å². The number of anilines is 1. The number of rotatable bonds is 6. The Kier molecular flexibility index (Phi) is 7.02. The number of fused-ring (bicyclic) bond motifs is 1. The van der Waals surface area contributed by atoms with Gasteiger partial charge in [0, 0.05) is 41.4 Å². The maximum Gasteiger partial charge on any atom is 0.409 e. The van der Waals surface area contributed by atoms with Gasteiger partial charge in [0.2, 0.25) is 0 Å². The molecule has 188 valence electrons. The van der Waals surface area contributed by atoms with Crippen LogP contribution >= 0.6 is 11.3 Å². The second kappa shape index (κ2) is 10.2. The Balaban J connectivity index is 1.14. The van der Waals surface area contributed by atoms with Gasteiger partial charge in [-0.05, 0) is 68.1 Å². The Morgan fingerprint density at radius 1 is 1.17 bits per heavy atom. The summed E-state index contributed by atoms with van der Waals surface area (Å²) in [5.74, 6) is 0.236.